The van der Waals surface area contributed by atoms with E-state index < -0.39 is 5.63 Å². The minimum Gasteiger partial charge on any atom is -0.454 e. The summed E-state index contributed by atoms with van der Waals surface area (Å²) in [4.78, 5) is 12.7. The zero-order chi connectivity index (χ0) is 16.5. The van der Waals surface area contributed by atoms with Crippen LogP contribution in [0.2, 0.25) is 0 Å². The van der Waals surface area contributed by atoms with Crippen LogP contribution in [-0.2, 0) is 12.8 Å². The summed E-state index contributed by atoms with van der Waals surface area (Å²) >= 11 is 0. The largest absolute Gasteiger partial charge is 0.454 e. The SMILES string of the molecule is O=c1oc2c(c3ccc4c(c13)OCO4)CCc1cc3c(cc1-2)OCO3. The Labute approximate surface area is 141 Å². The van der Waals surface area contributed by atoms with Crippen molar-refractivity contribution < 1.29 is 23.4 Å². The molecule has 3 heterocycles. The van der Waals surface area contributed by atoms with E-state index in [0.29, 0.717) is 28.4 Å². The van der Waals surface area contributed by atoms with Gasteiger partial charge in [0.05, 0.1) is 0 Å². The maximum atomic E-state index is 12.7. The van der Waals surface area contributed by atoms with Crippen molar-refractivity contribution >= 4 is 10.8 Å². The van der Waals surface area contributed by atoms with E-state index in [1.54, 1.807) is 0 Å². The fourth-order valence-electron chi connectivity index (χ4n) is 3.88. The van der Waals surface area contributed by atoms with Crippen molar-refractivity contribution in [3.63, 3.8) is 0 Å². The molecule has 1 aliphatic carbocycles. The Balaban J connectivity index is 1.68. The second kappa shape index (κ2) is 4.47. The Hall–Kier alpha value is -3.15. The number of rotatable bonds is 0. The number of hydrogen-bond donors (Lipinski definition) is 0. The predicted octanol–water partition coefficient (Wildman–Crippen LogP) is 3.02. The molecule has 2 aromatic carbocycles. The molecule has 25 heavy (non-hydrogen) atoms. The van der Waals surface area contributed by atoms with Gasteiger partial charge in [-0.1, -0.05) is 0 Å². The van der Waals surface area contributed by atoms with Gasteiger partial charge in [-0.05, 0) is 48.1 Å². The van der Waals surface area contributed by atoms with Gasteiger partial charge in [-0.25, -0.2) is 4.79 Å². The Bertz CT molecular complexity index is 1130. The molecule has 0 unspecified atom stereocenters. The summed E-state index contributed by atoms with van der Waals surface area (Å²) < 4.78 is 27.5. The lowest BCUT2D eigenvalue weighted by Gasteiger charge is -2.20. The fraction of sp³-hybridized carbons (Fsp3) is 0.211. The third-order valence-electron chi connectivity index (χ3n) is 5.02. The topological polar surface area (TPSA) is 67.1 Å². The van der Waals surface area contributed by atoms with E-state index in [1.807, 2.05) is 24.3 Å². The second-order valence-corrected chi connectivity index (χ2v) is 6.28. The molecule has 0 saturated carbocycles. The molecule has 0 bridgehead atoms. The Kier molecular flexibility index (Phi) is 2.36. The van der Waals surface area contributed by atoms with Crippen molar-refractivity contribution in [2.75, 3.05) is 13.6 Å². The molecule has 0 spiro atoms. The van der Waals surface area contributed by atoms with Crippen molar-refractivity contribution in [2.45, 2.75) is 12.8 Å². The fourth-order valence-corrected chi connectivity index (χ4v) is 3.88. The first-order chi connectivity index (χ1) is 12.3. The van der Waals surface area contributed by atoms with E-state index in [1.165, 1.54) is 0 Å². The molecule has 2 aliphatic heterocycles. The standard InChI is InChI=1S/C19H12O6/c20-19-16-10(3-4-13-18(16)24-8-21-13)11-2-1-9-5-14-15(23-7-22-14)6-12(9)17(11)25-19/h3-6H,1-2,7-8H2. The summed E-state index contributed by atoms with van der Waals surface area (Å²) in [5.41, 5.74) is 2.59. The molecule has 3 aliphatic rings. The van der Waals surface area contributed by atoms with Gasteiger partial charge in [0.15, 0.2) is 23.0 Å². The summed E-state index contributed by atoms with van der Waals surface area (Å²) in [6.07, 6.45) is 1.62. The summed E-state index contributed by atoms with van der Waals surface area (Å²) in [7, 11) is 0. The lowest BCUT2D eigenvalue weighted by Crippen LogP contribution is -2.11. The third kappa shape index (κ3) is 1.66. The number of benzene rings is 2. The van der Waals surface area contributed by atoms with Gasteiger partial charge in [0.25, 0.3) is 0 Å². The summed E-state index contributed by atoms with van der Waals surface area (Å²) in [5.74, 6) is 3.09. The van der Waals surface area contributed by atoms with E-state index in [9.17, 15) is 4.79 Å². The first-order valence-corrected chi connectivity index (χ1v) is 8.11. The molecule has 0 amide bonds. The highest BCUT2D eigenvalue weighted by atomic mass is 16.7. The van der Waals surface area contributed by atoms with Crippen LogP contribution in [-0.4, -0.2) is 13.6 Å². The van der Waals surface area contributed by atoms with Crippen LogP contribution in [0.5, 0.6) is 23.0 Å². The molecule has 6 rings (SSSR count). The highest BCUT2D eigenvalue weighted by Crippen LogP contribution is 2.45. The van der Waals surface area contributed by atoms with Gasteiger partial charge in [0.2, 0.25) is 13.6 Å². The van der Waals surface area contributed by atoms with Crippen LogP contribution in [0.15, 0.2) is 33.5 Å². The maximum Gasteiger partial charge on any atom is 0.348 e. The maximum absolute atomic E-state index is 12.7. The van der Waals surface area contributed by atoms with E-state index >= 15 is 0 Å². The van der Waals surface area contributed by atoms with Crippen LogP contribution >= 0.6 is 0 Å². The van der Waals surface area contributed by atoms with Crippen LogP contribution in [0.3, 0.4) is 0 Å². The van der Waals surface area contributed by atoms with Crippen LogP contribution in [0, 0.1) is 0 Å². The predicted molar refractivity (Wildman–Crippen MR) is 87.6 cm³/mol. The Morgan fingerprint density at radius 3 is 2.56 bits per heavy atom. The normalized spacial score (nSPS) is 16.0. The second-order valence-electron chi connectivity index (χ2n) is 6.28. The van der Waals surface area contributed by atoms with Crippen molar-refractivity contribution in [1.29, 1.82) is 0 Å². The lowest BCUT2D eigenvalue weighted by molar-refractivity contribution is 0.174. The van der Waals surface area contributed by atoms with Crippen molar-refractivity contribution in [2.24, 2.45) is 0 Å². The van der Waals surface area contributed by atoms with Gasteiger partial charge in [-0.2, -0.15) is 0 Å². The van der Waals surface area contributed by atoms with Crippen molar-refractivity contribution in [1.82, 2.24) is 0 Å². The molecule has 6 nitrogen and oxygen atoms in total. The quantitative estimate of drug-likeness (QED) is 0.629. The highest BCUT2D eigenvalue weighted by Gasteiger charge is 2.29. The summed E-state index contributed by atoms with van der Waals surface area (Å²) in [6.45, 7) is 0.341. The highest BCUT2D eigenvalue weighted by molar-refractivity contribution is 5.96. The van der Waals surface area contributed by atoms with E-state index in [0.717, 1.165) is 40.7 Å². The minimum atomic E-state index is -0.415. The minimum absolute atomic E-state index is 0.122. The van der Waals surface area contributed by atoms with Crippen molar-refractivity contribution in [3.8, 4) is 34.3 Å². The lowest BCUT2D eigenvalue weighted by atomic mass is 9.87. The van der Waals surface area contributed by atoms with E-state index in [2.05, 4.69) is 0 Å². The third-order valence-corrected chi connectivity index (χ3v) is 5.02. The van der Waals surface area contributed by atoms with Crippen LogP contribution in [0.25, 0.3) is 22.1 Å². The molecular weight excluding hydrogens is 324 g/mol. The summed E-state index contributed by atoms with van der Waals surface area (Å²) in [5, 5.41) is 1.32. The van der Waals surface area contributed by atoms with Gasteiger partial charge in [0, 0.05) is 11.1 Å². The van der Waals surface area contributed by atoms with Crippen molar-refractivity contribution in [3.05, 3.63) is 45.8 Å². The van der Waals surface area contributed by atoms with Crippen LogP contribution in [0.1, 0.15) is 11.1 Å². The van der Waals surface area contributed by atoms with Gasteiger partial charge >= 0.3 is 5.63 Å². The van der Waals surface area contributed by atoms with Gasteiger partial charge in [-0.15, -0.1) is 0 Å². The average molecular weight is 336 g/mol. The molecular formula is C19H12O6. The Morgan fingerprint density at radius 2 is 1.64 bits per heavy atom. The molecule has 0 radical (unpaired) electrons. The number of aryl methyl sites for hydroxylation is 2. The van der Waals surface area contributed by atoms with E-state index in [-0.39, 0.29) is 13.6 Å². The number of hydrogen-bond acceptors (Lipinski definition) is 6. The number of ether oxygens (including phenoxy) is 4. The molecule has 6 heteroatoms. The average Bonchev–Trinajstić information content (AvgIpc) is 3.28. The molecule has 1 aromatic heterocycles. The molecule has 3 aromatic rings. The molecule has 0 atom stereocenters. The Morgan fingerprint density at radius 1 is 0.840 bits per heavy atom. The van der Waals surface area contributed by atoms with Gasteiger partial charge < -0.3 is 23.4 Å². The molecule has 0 N–H and O–H groups in total. The van der Waals surface area contributed by atoms with Gasteiger partial charge in [0.1, 0.15) is 11.1 Å². The molecule has 0 saturated heterocycles. The zero-order valence-electron chi connectivity index (χ0n) is 13.1. The number of fused-ring (bicyclic) bond motifs is 8. The first kappa shape index (κ1) is 13.2. The van der Waals surface area contributed by atoms with E-state index in [4.69, 9.17) is 23.4 Å². The molecule has 0 fully saturated rings. The zero-order valence-corrected chi connectivity index (χ0v) is 13.1. The first-order valence-electron chi connectivity index (χ1n) is 8.11. The smallest absolute Gasteiger partial charge is 0.348 e. The monoisotopic (exact) mass is 336 g/mol. The summed E-state index contributed by atoms with van der Waals surface area (Å²) in [6, 6.07) is 7.64. The van der Waals surface area contributed by atoms with Crippen LogP contribution in [0.4, 0.5) is 0 Å². The molecule has 124 valence electrons. The van der Waals surface area contributed by atoms with Gasteiger partial charge in [-0.3, -0.25) is 0 Å². The van der Waals surface area contributed by atoms with Crippen LogP contribution < -0.4 is 24.6 Å².